The molecular formula is C10H8ClN3O2. The monoisotopic (exact) mass is 237 g/mol. The Morgan fingerprint density at radius 1 is 1.50 bits per heavy atom. The molecular weight excluding hydrogens is 230 g/mol. The molecule has 0 saturated carbocycles. The maximum atomic E-state index is 10.7. The Hall–Kier alpha value is -1.88. The van der Waals surface area contributed by atoms with Crippen molar-refractivity contribution in [1.29, 1.82) is 0 Å². The van der Waals surface area contributed by atoms with Crippen LogP contribution in [0, 0.1) is 10.1 Å². The molecule has 1 aromatic heterocycles. The normalized spacial score (nSPS) is 10.4. The van der Waals surface area contributed by atoms with Crippen molar-refractivity contribution >= 4 is 17.3 Å². The number of nitrogens with zero attached hydrogens (tertiary/aromatic N) is 3. The Labute approximate surface area is 96.4 Å². The molecule has 1 aromatic carbocycles. The van der Waals surface area contributed by atoms with E-state index in [2.05, 4.69) is 4.98 Å². The molecule has 5 nitrogen and oxygen atoms in total. The van der Waals surface area contributed by atoms with E-state index in [-0.39, 0.29) is 10.7 Å². The first-order valence-corrected chi connectivity index (χ1v) is 4.89. The van der Waals surface area contributed by atoms with Crippen molar-refractivity contribution in [3.05, 3.63) is 45.7 Å². The highest BCUT2D eigenvalue weighted by atomic mass is 35.5. The first-order chi connectivity index (χ1) is 7.59. The van der Waals surface area contributed by atoms with E-state index in [0.717, 1.165) is 0 Å². The van der Waals surface area contributed by atoms with E-state index in [0.29, 0.717) is 11.4 Å². The summed E-state index contributed by atoms with van der Waals surface area (Å²) in [5.74, 6) is 0.666. The van der Waals surface area contributed by atoms with Crippen molar-refractivity contribution in [2.24, 2.45) is 7.05 Å². The highest BCUT2D eigenvalue weighted by Crippen LogP contribution is 2.29. The van der Waals surface area contributed by atoms with Gasteiger partial charge in [-0.05, 0) is 12.1 Å². The van der Waals surface area contributed by atoms with Crippen LogP contribution >= 0.6 is 11.6 Å². The predicted octanol–water partition coefficient (Wildman–Crippen LogP) is 2.65. The summed E-state index contributed by atoms with van der Waals surface area (Å²) >= 11 is 5.72. The maximum absolute atomic E-state index is 10.7. The van der Waals surface area contributed by atoms with E-state index in [4.69, 9.17) is 11.6 Å². The van der Waals surface area contributed by atoms with Crippen LogP contribution in [0.1, 0.15) is 0 Å². The average molecular weight is 238 g/mol. The third-order valence-electron chi connectivity index (χ3n) is 2.22. The number of nitro benzene ring substituents is 1. The Balaban J connectivity index is 2.56. The molecule has 0 radical (unpaired) electrons. The van der Waals surface area contributed by atoms with Crippen LogP contribution in [0.15, 0.2) is 30.6 Å². The molecule has 6 heteroatoms. The van der Waals surface area contributed by atoms with Crippen LogP contribution in [-0.2, 0) is 7.05 Å². The van der Waals surface area contributed by atoms with E-state index >= 15 is 0 Å². The second-order valence-corrected chi connectivity index (χ2v) is 3.69. The maximum Gasteiger partial charge on any atom is 0.288 e. The van der Waals surface area contributed by atoms with Gasteiger partial charge in [-0.1, -0.05) is 11.6 Å². The third-order valence-corrected chi connectivity index (χ3v) is 2.54. The molecule has 1 heterocycles. The van der Waals surface area contributed by atoms with Crippen molar-refractivity contribution in [2.75, 3.05) is 0 Å². The number of imidazole rings is 1. The van der Waals surface area contributed by atoms with E-state index in [9.17, 15) is 10.1 Å². The predicted molar refractivity (Wildman–Crippen MR) is 60.3 cm³/mol. The average Bonchev–Trinajstić information content (AvgIpc) is 2.65. The fraction of sp³-hybridized carbons (Fsp3) is 0.100. The van der Waals surface area contributed by atoms with Gasteiger partial charge in [-0.15, -0.1) is 0 Å². The van der Waals surface area contributed by atoms with Crippen LogP contribution in [0.5, 0.6) is 0 Å². The quantitative estimate of drug-likeness (QED) is 0.596. The second kappa shape index (κ2) is 3.94. The summed E-state index contributed by atoms with van der Waals surface area (Å²) in [6.07, 6.45) is 3.41. The molecule has 0 N–H and O–H groups in total. The summed E-state index contributed by atoms with van der Waals surface area (Å²) in [5.41, 5.74) is 0.561. The summed E-state index contributed by atoms with van der Waals surface area (Å²) in [4.78, 5) is 14.3. The summed E-state index contributed by atoms with van der Waals surface area (Å²) in [7, 11) is 1.82. The van der Waals surface area contributed by atoms with Gasteiger partial charge in [0.05, 0.1) is 4.92 Å². The Bertz CT molecular complexity index is 551. The summed E-state index contributed by atoms with van der Waals surface area (Å²) in [5, 5.41) is 10.9. The van der Waals surface area contributed by atoms with Crippen molar-refractivity contribution in [2.45, 2.75) is 0 Å². The fourth-order valence-electron chi connectivity index (χ4n) is 1.44. The van der Waals surface area contributed by atoms with Gasteiger partial charge in [-0.3, -0.25) is 10.1 Å². The molecule has 0 fully saturated rings. The molecule has 0 bridgehead atoms. The van der Waals surface area contributed by atoms with Gasteiger partial charge >= 0.3 is 0 Å². The smallest absolute Gasteiger partial charge is 0.288 e. The molecule has 0 atom stereocenters. The van der Waals surface area contributed by atoms with Crippen molar-refractivity contribution in [3.63, 3.8) is 0 Å². The van der Waals surface area contributed by atoms with Crippen LogP contribution in [0.4, 0.5) is 5.69 Å². The van der Waals surface area contributed by atoms with E-state index in [1.54, 1.807) is 23.0 Å². The van der Waals surface area contributed by atoms with Crippen molar-refractivity contribution < 1.29 is 4.92 Å². The Morgan fingerprint density at radius 2 is 2.25 bits per heavy atom. The van der Waals surface area contributed by atoms with Gasteiger partial charge in [0.1, 0.15) is 10.8 Å². The molecule has 16 heavy (non-hydrogen) atoms. The molecule has 2 aromatic rings. The van der Waals surface area contributed by atoms with Gasteiger partial charge < -0.3 is 4.57 Å². The van der Waals surface area contributed by atoms with E-state index < -0.39 is 4.92 Å². The number of halogens is 1. The summed E-state index contributed by atoms with van der Waals surface area (Å²) in [6.45, 7) is 0. The van der Waals surface area contributed by atoms with Crippen molar-refractivity contribution in [1.82, 2.24) is 9.55 Å². The Morgan fingerprint density at radius 3 is 2.81 bits per heavy atom. The molecule has 2 rings (SSSR count). The number of benzene rings is 1. The van der Waals surface area contributed by atoms with Gasteiger partial charge in [-0.25, -0.2) is 4.98 Å². The zero-order chi connectivity index (χ0) is 11.7. The van der Waals surface area contributed by atoms with Gasteiger partial charge in [0.15, 0.2) is 0 Å². The van der Waals surface area contributed by atoms with Gasteiger partial charge in [0, 0.05) is 31.1 Å². The number of hydrogen-bond donors (Lipinski definition) is 0. The van der Waals surface area contributed by atoms with Crippen LogP contribution in [0.2, 0.25) is 5.02 Å². The molecule has 82 valence electrons. The minimum atomic E-state index is -0.505. The van der Waals surface area contributed by atoms with Gasteiger partial charge in [0.2, 0.25) is 0 Å². The van der Waals surface area contributed by atoms with Gasteiger partial charge in [-0.2, -0.15) is 0 Å². The first-order valence-electron chi connectivity index (χ1n) is 4.51. The van der Waals surface area contributed by atoms with E-state index in [1.165, 1.54) is 12.1 Å². The lowest BCUT2D eigenvalue weighted by Gasteiger charge is -2.02. The fourth-order valence-corrected chi connectivity index (χ4v) is 1.62. The lowest BCUT2D eigenvalue weighted by Crippen LogP contribution is -1.94. The van der Waals surface area contributed by atoms with Crippen LogP contribution < -0.4 is 0 Å². The molecule has 0 amide bonds. The molecule has 0 aliphatic heterocycles. The minimum Gasteiger partial charge on any atom is -0.334 e. The lowest BCUT2D eigenvalue weighted by atomic mass is 10.2. The minimum absolute atomic E-state index is 0.109. The highest BCUT2D eigenvalue weighted by molar-refractivity contribution is 6.32. The number of hydrogen-bond acceptors (Lipinski definition) is 3. The first kappa shape index (κ1) is 10.6. The summed E-state index contributed by atoms with van der Waals surface area (Å²) < 4.78 is 1.78. The zero-order valence-corrected chi connectivity index (χ0v) is 9.18. The molecule has 0 unspecified atom stereocenters. The number of nitro groups is 1. The highest BCUT2D eigenvalue weighted by Gasteiger charge is 2.14. The standard InChI is InChI=1S/C10H8ClN3O2/c1-13-5-4-12-10(13)7-2-3-8(11)9(6-7)14(15)16/h2-6H,1H3. The lowest BCUT2D eigenvalue weighted by molar-refractivity contribution is -0.384. The number of aromatic nitrogens is 2. The zero-order valence-electron chi connectivity index (χ0n) is 8.42. The topological polar surface area (TPSA) is 61.0 Å². The van der Waals surface area contributed by atoms with Crippen LogP contribution in [0.25, 0.3) is 11.4 Å². The molecule has 0 aliphatic rings. The molecule has 0 saturated heterocycles. The van der Waals surface area contributed by atoms with E-state index in [1.807, 2.05) is 7.05 Å². The third kappa shape index (κ3) is 1.77. The van der Waals surface area contributed by atoms with Gasteiger partial charge in [0.25, 0.3) is 5.69 Å². The van der Waals surface area contributed by atoms with Crippen LogP contribution in [0.3, 0.4) is 0 Å². The van der Waals surface area contributed by atoms with Crippen molar-refractivity contribution in [3.8, 4) is 11.4 Å². The largest absolute Gasteiger partial charge is 0.334 e. The molecule has 0 aliphatic carbocycles. The number of rotatable bonds is 2. The second-order valence-electron chi connectivity index (χ2n) is 3.29. The SMILES string of the molecule is Cn1ccnc1-c1ccc(Cl)c([N+](=O)[O-])c1. The van der Waals surface area contributed by atoms with Crippen LogP contribution in [-0.4, -0.2) is 14.5 Å². The molecule has 0 spiro atoms. The Kier molecular flexibility index (Phi) is 2.62. The summed E-state index contributed by atoms with van der Waals surface area (Å²) in [6, 6.07) is 4.63. The number of aryl methyl sites for hydroxylation is 1.